The van der Waals surface area contributed by atoms with Crippen molar-refractivity contribution in [3.8, 4) is 0 Å². The summed E-state index contributed by atoms with van der Waals surface area (Å²) >= 11 is -1.17. The fraction of sp³-hybridized carbons (Fsp3) is 0.917. The molecular formula is C12H25O2Sn+. The van der Waals surface area contributed by atoms with Gasteiger partial charge in [0.2, 0.25) is 0 Å². The molecule has 0 amide bonds. The Balaban J connectivity index is 3.63. The third-order valence-corrected chi connectivity index (χ3v) is 11.2. The molecule has 0 aromatic rings. The molecule has 0 rings (SSSR count). The minimum atomic E-state index is -1.17. The maximum atomic E-state index is 10.7. The van der Waals surface area contributed by atoms with Gasteiger partial charge in [0.1, 0.15) is 0 Å². The summed E-state index contributed by atoms with van der Waals surface area (Å²) in [5.74, 6) is -0.122. The molecule has 0 atom stereocenters. The molecule has 0 aliphatic carbocycles. The van der Waals surface area contributed by atoms with Crippen molar-refractivity contribution >= 4 is 25.7 Å². The molecule has 0 bridgehead atoms. The zero-order valence-corrected chi connectivity index (χ0v) is 13.3. The average molecular weight is 320 g/mol. The molecule has 0 aromatic heterocycles. The van der Waals surface area contributed by atoms with Gasteiger partial charge in [0.05, 0.1) is 0 Å². The van der Waals surface area contributed by atoms with Gasteiger partial charge in [-0.1, -0.05) is 0 Å². The fourth-order valence-corrected chi connectivity index (χ4v) is 9.70. The van der Waals surface area contributed by atoms with Crippen molar-refractivity contribution < 1.29 is 9.53 Å². The van der Waals surface area contributed by atoms with E-state index in [0.29, 0.717) is 6.61 Å². The van der Waals surface area contributed by atoms with E-state index in [2.05, 4.69) is 13.8 Å². The summed E-state index contributed by atoms with van der Waals surface area (Å²) in [5.41, 5.74) is 0. The van der Waals surface area contributed by atoms with Crippen molar-refractivity contribution in [3.05, 3.63) is 0 Å². The standard InChI is InChI=1S/C4H7O2.2C4H9.Sn/c1-3-6-4(2)5;2*1-3-4-2;/h1,3H2,2H3;2*1,3-4H2,2H3;/q;;;+1. The molecule has 0 aliphatic heterocycles. The Morgan fingerprint density at radius 2 is 1.60 bits per heavy atom. The van der Waals surface area contributed by atoms with Crippen molar-refractivity contribution in [3.63, 3.8) is 0 Å². The summed E-state index contributed by atoms with van der Waals surface area (Å²) < 4.78 is 9.25. The van der Waals surface area contributed by atoms with Crippen molar-refractivity contribution in [2.45, 2.75) is 59.8 Å². The van der Waals surface area contributed by atoms with Gasteiger partial charge in [-0.2, -0.15) is 0 Å². The van der Waals surface area contributed by atoms with Gasteiger partial charge in [-0.05, 0) is 0 Å². The van der Waals surface area contributed by atoms with Crippen LogP contribution in [0.1, 0.15) is 46.5 Å². The van der Waals surface area contributed by atoms with E-state index < -0.39 is 19.8 Å². The number of carbonyl (C=O) groups excluding carboxylic acids is 1. The quantitative estimate of drug-likeness (QED) is 0.479. The number of ether oxygens (including phenoxy) is 1. The van der Waals surface area contributed by atoms with Crippen LogP contribution in [-0.4, -0.2) is 32.3 Å². The van der Waals surface area contributed by atoms with Crippen LogP contribution in [0.5, 0.6) is 0 Å². The summed E-state index contributed by atoms with van der Waals surface area (Å²) in [7, 11) is 0. The van der Waals surface area contributed by atoms with Crippen LogP contribution in [0.3, 0.4) is 0 Å². The second-order valence-corrected chi connectivity index (χ2v) is 12.6. The maximum absolute atomic E-state index is 10.7. The monoisotopic (exact) mass is 321 g/mol. The first-order valence-corrected chi connectivity index (χ1v) is 12.2. The van der Waals surface area contributed by atoms with Crippen LogP contribution < -0.4 is 0 Å². The molecule has 0 aromatic carbocycles. The summed E-state index contributed by atoms with van der Waals surface area (Å²) in [4.78, 5) is 10.7. The third-order valence-electron chi connectivity index (χ3n) is 2.53. The SMILES string of the molecule is CCC[CH2][Sn+]([CH2]CCC)[CH2]COC(C)=O. The van der Waals surface area contributed by atoms with Crippen LogP contribution in [0, 0.1) is 0 Å². The van der Waals surface area contributed by atoms with Gasteiger partial charge in [-0.3, -0.25) is 0 Å². The second kappa shape index (κ2) is 10.8. The Morgan fingerprint density at radius 3 is 2.00 bits per heavy atom. The number of esters is 1. The summed E-state index contributed by atoms with van der Waals surface area (Å²) in [6.07, 6.45) is 5.39. The van der Waals surface area contributed by atoms with E-state index in [1.807, 2.05) is 0 Å². The molecule has 0 N–H and O–H groups in total. The van der Waals surface area contributed by atoms with Crippen molar-refractivity contribution in [2.24, 2.45) is 0 Å². The summed E-state index contributed by atoms with van der Waals surface area (Å²) in [5, 5.41) is 0. The van der Waals surface area contributed by atoms with Crippen molar-refractivity contribution in [1.82, 2.24) is 0 Å². The van der Waals surface area contributed by atoms with Crippen molar-refractivity contribution in [1.29, 1.82) is 0 Å². The molecular weight excluding hydrogens is 295 g/mol. The molecule has 3 heteroatoms. The molecule has 0 saturated carbocycles. The Kier molecular flexibility index (Phi) is 11.0. The normalized spacial score (nSPS) is 10.1. The fourth-order valence-electron chi connectivity index (χ4n) is 1.57. The zero-order chi connectivity index (χ0) is 11.5. The Morgan fingerprint density at radius 1 is 1.07 bits per heavy atom. The van der Waals surface area contributed by atoms with E-state index >= 15 is 0 Å². The number of unbranched alkanes of at least 4 members (excludes halogenated alkanes) is 2. The van der Waals surface area contributed by atoms with E-state index in [0.717, 1.165) is 0 Å². The molecule has 0 fully saturated rings. The van der Waals surface area contributed by atoms with Gasteiger partial charge in [0.15, 0.2) is 0 Å². The van der Waals surface area contributed by atoms with E-state index in [1.165, 1.54) is 45.9 Å². The predicted octanol–water partition coefficient (Wildman–Crippen LogP) is 3.64. The van der Waals surface area contributed by atoms with Gasteiger partial charge in [-0.25, -0.2) is 0 Å². The van der Waals surface area contributed by atoms with E-state index in [1.54, 1.807) is 0 Å². The predicted molar refractivity (Wildman–Crippen MR) is 66.6 cm³/mol. The number of hydrogen-bond donors (Lipinski definition) is 0. The van der Waals surface area contributed by atoms with Crippen LogP contribution in [-0.2, 0) is 9.53 Å². The molecule has 88 valence electrons. The van der Waals surface area contributed by atoms with Crippen LogP contribution >= 0.6 is 0 Å². The van der Waals surface area contributed by atoms with Gasteiger partial charge in [-0.15, -0.1) is 0 Å². The molecule has 2 nitrogen and oxygen atoms in total. The zero-order valence-electron chi connectivity index (χ0n) is 10.5. The van der Waals surface area contributed by atoms with E-state index in [9.17, 15) is 4.79 Å². The first-order valence-electron chi connectivity index (χ1n) is 6.17. The first kappa shape index (κ1) is 15.3. The van der Waals surface area contributed by atoms with Crippen LogP contribution in [0.4, 0.5) is 0 Å². The van der Waals surface area contributed by atoms with Crippen LogP contribution in [0.25, 0.3) is 0 Å². The topological polar surface area (TPSA) is 26.3 Å². The molecule has 15 heavy (non-hydrogen) atoms. The molecule has 0 spiro atoms. The van der Waals surface area contributed by atoms with Gasteiger partial charge in [0.25, 0.3) is 0 Å². The molecule has 0 aliphatic rings. The van der Waals surface area contributed by atoms with Crippen LogP contribution in [0.15, 0.2) is 0 Å². The Bertz CT molecular complexity index is 152. The number of hydrogen-bond acceptors (Lipinski definition) is 2. The number of carbonyl (C=O) groups is 1. The van der Waals surface area contributed by atoms with E-state index in [-0.39, 0.29) is 5.97 Å². The van der Waals surface area contributed by atoms with Gasteiger partial charge < -0.3 is 0 Å². The minimum absolute atomic E-state index is 0.122. The first-order chi connectivity index (χ1) is 7.20. The number of rotatable bonds is 9. The third kappa shape index (κ3) is 10.5. The summed E-state index contributed by atoms with van der Waals surface area (Å²) in [6, 6.07) is 0. The van der Waals surface area contributed by atoms with Gasteiger partial charge >= 0.3 is 102 Å². The second-order valence-electron chi connectivity index (χ2n) is 4.05. The Labute approximate surface area is 102 Å². The molecule has 0 radical (unpaired) electrons. The molecule has 0 unspecified atom stereocenters. The summed E-state index contributed by atoms with van der Waals surface area (Å²) in [6.45, 7) is 6.71. The van der Waals surface area contributed by atoms with Crippen molar-refractivity contribution in [2.75, 3.05) is 6.61 Å². The van der Waals surface area contributed by atoms with Gasteiger partial charge in [0, 0.05) is 0 Å². The molecule has 0 saturated heterocycles. The molecule has 0 heterocycles. The Hall–Kier alpha value is 0.269. The van der Waals surface area contributed by atoms with E-state index in [4.69, 9.17) is 4.74 Å². The van der Waals surface area contributed by atoms with Crippen LogP contribution in [0.2, 0.25) is 13.3 Å². The average Bonchev–Trinajstić information content (AvgIpc) is 2.20.